The molecule has 1 aromatic carbocycles. The topological polar surface area (TPSA) is 41.7 Å². The number of ether oxygens (including phenoxy) is 1. The molecule has 0 aromatic heterocycles. The van der Waals surface area contributed by atoms with Crippen LogP contribution in [0.25, 0.3) is 0 Å². The van der Waals surface area contributed by atoms with Crippen molar-refractivity contribution >= 4 is 9.39 Å². The first kappa shape index (κ1) is 15.2. The van der Waals surface area contributed by atoms with Gasteiger partial charge in [0.15, 0.2) is 0 Å². The van der Waals surface area contributed by atoms with Crippen molar-refractivity contribution in [3.05, 3.63) is 29.3 Å². The smallest absolute Gasteiger partial charge is 0.119 e. The van der Waals surface area contributed by atoms with Gasteiger partial charge in [0.25, 0.3) is 0 Å². The Balaban J connectivity index is 1.78. The lowest BCUT2D eigenvalue weighted by Gasteiger charge is -2.40. The van der Waals surface area contributed by atoms with Crippen molar-refractivity contribution in [2.45, 2.75) is 25.3 Å². The van der Waals surface area contributed by atoms with Crippen molar-refractivity contribution in [2.75, 3.05) is 39.3 Å². The molecule has 4 nitrogen and oxygen atoms in total. The molecule has 1 fully saturated rings. The standard InChI is InChI=1S/C16H26N3OP/c17-6-11-20-14-5-4-13-2-1-3-16(15(13)12-14)18-7-9-19(21)10-8-18/h4-5,12,16H,1-3,6-11,17,21H2. The number of nitrogens with two attached hydrogens (primary N) is 1. The summed E-state index contributed by atoms with van der Waals surface area (Å²) in [6.45, 7) is 5.74. The lowest BCUT2D eigenvalue weighted by Crippen LogP contribution is -2.44. The summed E-state index contributed by atoms with van der Waals surface area (Å²) >= 11 is 0. The van der Waals surface area contributed by atoms with E-state index in [1.54, 1.807) is 0 Å². The van der Waals surface area contributed by atoms with E-state index in [4.69, 9.17) is 10.5 Å². The highest BCUT2D eigenvalue weighted by atomic mass is 31.0. The summed E-state index contributed by atoms with van der Waals surface area (Å²) in [4.78, 5) is 2.64. The quantitative estimate of drug-likeness (QED) is 0.862. The summed E-state index contributed by atoms with van der Waals surface area (Å²) in [5.41, 5.74) is 8.51. The van der Waals surface area contributed by atoms with Crippen LogP contribution in [-0.4, -0.2) is 48.9 Å². The summed E-state index contributed by atoms with van der Waals surface area (Å²) in [7, 11) is 2.82. The number of piperazine rings is 1. The fourth-order valence-corrected chi connectivity index (χ4v) is 3.68. The van der Waals surface area contributed by atoms with Crippen LogP contribution in [0.5, 0.6) is 5.75 Å². The molecule has 1 heterocycles. The highest BCUT2D eigenvalue weighted by Crippen LogP contribution is 2.36. The number of hydrogen-bond acceptors (Lipinski definition) is 4. The van der Waals surface area contributed by atoms with Crippen LogP contribution >= 0.6 is 9.39 Å². The SMILES string of the molecule is NCCOc1ccc2c(c1)C(N1CCN(P)CC1)CCC2. The van der Waals surface area contributed by atoms with Crippen molar-refractivity contribution in [1.29, 1.82) is 0 Å². The first-order chi connectivity index (χ1) is 10.3. The van der Waals surface area contributed by atoms with Crippen LogP contribution in [-0.2, 0) is 6.42 Å². The van der Waals surface area contributed by atoms with E-state index in [-0.39, 0.29) is 0 Å². The van der Waals surface area contributed by atoms with Crippen molar-refractivity contribution < 1.29 is 4.74 Å². The molecule has 5 heteroatoms. The predicted octanol–water partition coefficient (Wildman–Crippen LogP) is 1.81. The van der Waals surface area contributed by atoms with Crippen molar-refractivity contribution in [3.8, 4) is 5.75 Å². The van der Waals surface area contributed by atoms with E-state index in [0.29, 0.717) is 19.2 Å². The van der Waals surface area contributed by atoms with Crippen molar-refractivity contribution in [1.82, 2.24) is 9.57 Å². The van der Waals surface area contributed by atoms with E-state index in [1.807, 2.05) is 0 Å². The zero-order valence-electron chi connectivity index (χ0n) is 12.6. The molecular weight excluding hydrogens is 281 g/mol. The van der Waals surface area contributed by atoms with Crippen LogP contribution < -0.4 is 10.5 Å². The van der Waals surface area contributed by atoms with E-state index in [9.17, 15) is 0 Å². The maximum Gasteiger partial charge on any atom is 0.119 e. The Bertz CT molecular complexity index is 475. The van der Waals surface area contributed by atoms with Gasteiger partial charge in [-0.2, -0.15) is 0 Å². The normalized spacial score (nSPS) is 23.8. The Labute approximate surface area is 129 Å². The van der Waals surface area contributed by atoms with Crippen molar-refractivity contribution in [2.24, 2.45) is 5.73 Å². The number of nitrogens with zero attached hydrogens (tertiary/aromatic N) is 2. The molecule has 3 rings (SSSR count). The number of aryl methyl sites for hydroxylation is 1. The van der Waals surface area contributed by atoms with E-state index < -0.39 is 0 Å². The van der Waals surface area contributed by atoms with E-state index in [1.165, 1.54) is 30.4 Å². The highest BCUT2D eigenvalue weighted by Gasteiger charge is 2.28. The number of benzene rings is 1. The second-order valence-electron chi connectivity index (χ2n) is 5.98. The molecule has 1 aliphatic carbocycles. The molecular formula is C16H26N3OP. The molecule has 21 heavy (non-hydrogen) atoms. The van der Waals surface area contributed by atoms with Gasteiger partial charge in [0.1, 0.15) is 12.4 Å². The minimum absolute atomic E-state index is 0.564. The molecule has 2 unspecified atom stereocenters. The molecule has 116 valence electrons. The van der Waals surface area contributed by atoms with E-state index in [0.717, 1.165) is 31.9 Å². The monoisotopic (exact) mass is 307 g/mol. The van der Waals surface area contributed by atoms with Gasteiger partial charge in [-0.3, -0.25) is 9.57 Å². The average molecular weight is 307 g/mol. The molecule has 2 N–H and O–H groups in total. The summed E-state index contributed by atoms with van der Waals surface area (Å²) in [5, 5.41) is 0. The Kier molecular flexibility index (Phi) is 5.12. The lowest BCUT2D eigenvalue weighted by molar-refractivity contribution is 0.129. The largest absolute Gasteiger partial charge is 0.492 e. The molecule has 0 bridgehead atoms. The predicted molar refractivity (Wildman–Crippen MR) is 89.5 cm³/mol. The van der Waals surface area contributed by atoms with Gasteiger partial charge in [0, 0.05) is 38.8 Å². The van der Waals surface area contributed by atoms with Crippen LogP contribution in [0.4, 0.5) is 0 Å². The Morgan fingerprint density at radius 1 is 1.24 bits per heavy atom. The second-order valence-corrected chi connectivity index (χ2v) is 6.71. The lowest BCUT2D eigenvalue weighted by atomic mass is 9.86. The third-order valence-electron chi connectivity index (χ3n) is 4.58. The van der Waals surface area contributed by atoms with E-state index >= 15 is 0 Å². The molecule has 0 amide bonds. The summed E-state index contributed by atoms with van der Waals surface area (Å²) in [6, 6.07) is 7.16. The van der Waals surface area contributed by atoms with Gasteiger partial charge >= 0.3 is 0 Å². The van der Waals surface area contributed by atoms with Gasteiger partial charge in [0.05, 0.1) is 0 Å². The summed E-state index contributed by atoms with van der Waals surface area (Å²) < 4.78 is 8.05. The molecule has 1 aromatic rings. The van der Waals surface area contributed by atoms with Gasteiger partial charge < -0.3 is 10.5 Å². The van der Waals surface area contributed by atoms with Gasteiger partial charge in [0.2, 0.25) is 0 Å². The summed E-state index contributed by atoms with van der Waals surface area (Å²) in [5.74, 6) is 0.968. The van der Waals surface area contributed by atoms with Gasteiger partial charge in [-0.15, -0.1) is 0 Å². The fourth-order valence-electron chi connectivity index (χ4n) is 3.45. The molecule has 0 saturated carbocycles. The Hall–Kier alpha value is -0.670. The van der Waals surface area contributed by atoms with Gasteiger partial charge in [-0.25, -0.2) is 0 Å². The zero-order chi connectivity index (χ0) is 14.7. The van der Waals surface area contributed by atoms with Crippen LogP contribution in [0.1, 0.15) is 30.0 Å². The minimum Gasteiger partial charge on any atom is -0.492 e. The molecule has 0 radical (unpaired) electrons. The molecule has 0 spiro atoms. The second kappa shape index (κ2) is 7.06. The van der Waals surface area contributed by atoms with E-state index in [2.05, 4.69) is 37.2 Å². The van der Waals surface area contributed by atoms with Crippen molar-refractivity contribution in [3.63, 3.8) is 0 Å². The Morgan fingerprint density at radius 2 is 2.05 bits per heavy atom. The minimum atomic E-state index is 0.564. The van der Waals surface area contributed by atoms with Crippen LogP contribution in [0.2, 0.25) is 0 Å². The number of hydrogen-bond donors (Lipinski definition) is 1. The summed E-state index contributed by atoms with van der Waals surface area (Å²) in [6.07, 6.45) is 3.76. The third-order valence-corrected chi connectivity index (χ3v) is 5.09. The van der Waals surface area contributed by atoms with Gasteiger partial charge in [-0.1, -0.05) is 15.5 Å². The fraction of sp³-hybridized carbons (Fsp3) is 0.625. The molecule has 1 saturated heterocycles. The first-order valence-electron chi connectivity index (χ1n) is 7.97. The van der Waals surface area contributed by atoms with Gasteiger partial charge in [-0.05, 0) is 42.5 Å². The molecule has 2 aliphatic rings. The zero-order valence-corrected chi connectivity index (χ0v) is 13.8. The number of rotatable bonds is 4. The Morgan fingerprint density at radius 3 is 2.81 bits per heavy atom. The van der Waals surface area contributed by atoms with Crippen LogP contribution in [0.15, 0.2) is 18.2 Å². The maximum absolute atomic E-state index is 5.72. The molecule has 1 aliphatic heterocycles. The first-order valence-corrected chi connectivity index (χ1v) is 8.49. The molecule has 2 atom stereocenters. The maximum atomic E-state index is 5.72. The third kappa shape index (κ3) is 3.57. The van der Waals surface area contributed by atoms with Crippen LogP contribution in [0, 0.1) is 0 Å². The number of fused-ring (bicyclic) bond motifs is 1. The highest BCUT2D eigenvalue weighted by molar-refractivity contribution is 7.13. The average Bonchev–Trinajstić information content (AvgIpc) is 2.53. The van der Waals surface area contributed by atoms with Crippen LogP contribution in [0.3, 0.4) is 0 Å².